The van der Waals surface area contributed by atoms with Gasteiger partial charge in [-0.3, -0.25) is 9.59 Å². The fraction of sp³-hybridized carbons (Fsp3) is 0.500. The maximum Gasteiger partial charge on any atom is 0.308 e. The number of methoxy groups -OCH3 is 1. The van der Waals surface area contributed by atoms with Crippen molar-refractivity contribution in [1.29, 1.82) is 0 Å². The van der Waals surface area contributed by atoms with Gasteiger partial charge in [-0.2, -0.15) is 4.31 Å². The minimum atomic E-state index is -3.91. The van der Waals surface area contributed by atoms with Crippen molar-refractivity contribution >= 4 is 16.0 Å². The summed E-state index contributed by atoms with van der Waals surface area (Å²) in [6, 6.07) is 1.15. The van der Waals surface area contributed by atoms with E-state index in [1.54, 1.807) is 0 Å². The van der Waals surface area contributed by atoms with Gasteiger partial charge in [0.05, 0.1) is 26.2 Å². The van der Waals surface area contributed by atoms with E-state index >= 15 is 0 Å². The lowest BCUT2D eigenvalue weighted by Crippen LogP contribution is -2.47. The molecule has 1 aromatic heterocycles. The van der Waals surface area contributed by atoms with Crippen LogP contribution in [0, 0.1) is 0 Å². The normalized spacial score (nSPS) is 20.1. The van der Waals surface area contributed by atoms with E-state index in [4.69, 9.17) is 4.74 Å². The number of hydrogen-bond donors (Lipinski definition) is 1. The smallest absolute Gasteiger partial charge is 0.308 e. The van der Waals surface area contributed by atoms with Crippen LogP contribution >= 0.6 is 0 Å². The first-order valence-corrected chi connectivity index (χ1v) is 7.75. The number of morpholine rings is 1. The molecule has 9 heteroatoms. The molecule has 0 spiro atoms. The largest absolute Gasteiger partial charge is 0.469 e. The van der Waals surface area contributed by atoms with E-state index < -0.39 is 27.5 Å². The monoisotopic (exact) mass is 316 g/mol. The molecule has 1 saturated heterocycles. The van der Waals surface area contributed by atoms with Gasteiger partial charge in [0.1, 0.15) is 4.90 Å². The molecule has 1 atom stereocenters. The SMILES string of the molecule is COC(=O)CC1CN(S(=O)(=O)c2c[nH]ccc2=O)CCO1. The Morgan fingerprint density at radius 3 is 3.00 bits per heavy atom. The molecule has 1 fully saturated rings. The number of carbonyl (C=O) groups is 1. The molecular formula is C12H16N2O6S. The summed E-state index contributed by atoms with van der Waals surface area (Å²) >= 11 is 0. The number of aromatic amines is 1. The van der Waals surface area contributed by atoms with Crippen molar-refractivity contribution in [3.05, 3.63) is 28.7 Å². The third kappa shape index (κ3) is 3.49. The lowest BCUT2D eigenvalue weighted by Gasteiger charge is -2.31. The number of nitrogens with one attached hydrogen (secondary N) is 1. The average molecular weight is 316 g/mol. The van der Waals surface area contributed by atoms with Crippen LogP contribution in [-0.2, 0) is 24.3 Å². The number of nitrogens with zero attached hydrogens (tertiary/aromatic N) is 1. The highest BCUT2D eigenvalue weighted by molar-refractivity contribution is 7.89. The maximum absolute atomic E-state index is 12.4. The van der Waals surface area contributed by atoms with Crippen LogP contribution in [0.3, 0.4) is 0 Å². The number of sulfonamides is 1. The van der Waals surface area contributed by atoms with Crippen molar-refractivity contribution in [2.45, 2.75) is 17.4 Å². The first-order chi connectivity index (χ1) is 9.95. The summed E-state index contributed by atoms with van der Waals surface area (Å²) in [7, 11) is -2.66. The quantitative estimate of drug-likeness (QED) is 0.738. The Morgan fingerprint density at radius 2 is 2.33 bits per heavy atom. The fourth-order valence-electron chi connectivity index (χ4n) is 2.04. The van der Waals surface area contributed by atoms with Crippen molar-refractivity contribution in [3.8, 4) is 0 Å². The highest BCUT2D eigenvalue weighted by Gasteiger charge is 2.33. The van der Waals surface area contributed by atoms with Gasteiger partial charge in [0.25, 0.3) is 0 Å². The summed E-state index contributed by atoms with van der Waals surface area (Å²) in [5.41, 5.74) is -0.579. The zero-order chi connectivity index (χ0) is 15.5. The molecule has 1 aliphatic rings. The molecule has 0 aliphatic carbocycles. The molecule has 1 aromatic rings. The average Bonchev–Trinajstić information content (AvgIpc) is 2.47. The minimum absolute atomic E-state index is 0.00572. The number of pyridine rings is 1. The Morgan fingerprint density at radius 1 is 1.57 bits per heavy atom. The standard InChI is InChI=1S/C12H16N2O6S/c1-19-12(16)6-9-8-14(4-5-20-9)21(17,18)11-7-13-3-2-10(11)15/h2-3,7,9H,4-6,8H2,1H3,(H,13,15). The Kier molecular flexibility index (Phi) is 4.76. The van der Waals surface area contributed by atoms with Crippen LogP contribution in [0.5, 0.6) is 0 Å². The lowest BCUT2D eigenvalue weighted by molar-refractivity contribution is -0.145. The molecule has 1 aliphatic heterocycles. The number of esters is 1. The number of H-pyrrole nitrogens is 1. The number of rotatable bonds is 4. The van der Waals surface area contributed by atoms with E-state index in [2.05, 4.69) is 9.72 Å². The first kappa shape index (κ1) is 15.7. The van der Waals surface area contributed by atoms with Gasteiger partial charge in [-0.25, -0.2) is 8.42 Å². The molecule has 0 aromatic carbocycles. The fourth-order valence-corrected chi connectivity index (χ4v) is 3.54. The van der Waals surface area contributed by atoms with Crippen molar-refractivity contribution < 1.29 is 22.7 Å². The summed E-state index contributed by atoms with van der Waals surface area (Å²) < 4.78 is 35.9. The Hall–Kier alpha value is -1.71. The number of carbonyl (C=O) groups excluding carboxylic acids is 1. The van der Waals surface area contributed by atoms with Gasteiger partial charge < -0.3 is 14.5 Å². The molecular weight excluding hydrogens is 300 g/mol. The molecule has 0 saturated carbocycles. The Bertz CT molecular complexity index is 668. The van der Waals surface area contributed by atoms with Crippen molar-refractivity contribution in [3.63, 3.8) is 0 Å². The number of ether oxygens (including phenoxy) is 2. The molecule has 0 radical (unpaired) electrons. The summed E-state index contributed by atoms with van der Waals surface area (Å²) in [4.78, 5) is 25.2. The Balaban J connectivity index is 2.19. The second-order valence-corrected chi connectivity index (χ2v) is 6.42. The predicted molar refractivity (Wildman–Crippen MR) is 72.2 cm³/mol. The van der Waals surface area contributed by atoms with Crippen LogP contribution in [0.2, 0.25) is 0 Å². The number of hydrogen-bond acceptors (Lipinski definition) is 6. The van der Waals surface area contributed by atoms with Gasteiger partial charge in [0.15, 0.2) is 0 Å². The Labute approximate surface area is 121 Å². The minimum Gasteiger partial charge on any atom is -0.469 e. The van der Waals surface area contributed by atoms with Gasteiger partial charge in [-0.05, 0) is 0 Å². The maximum atomic E-state index is 12.4. The van der Waals surface area contributed by atoms with Crippen LogP contribution in [0.15, 0.2) is 28.2 Å². The molecule has 2 heterocycles. The van der Waals surface area contributed by atoms with E-state index in [1.165, 1.54) is 13.3 Å². The molecule has 116 valence electrons. The van der Waals surface area contributed by atoms with E-state index in [0.29, 0.717) is 0 Å². The second-order valence-electron chi connectivity index (χ2n) is 4.51. The molecule has 1 N–H and O–H groups in total. The third-order valence-corrected chi connectivity index (χ3v) is 5.02. The molecule has 21 heavy (non-hydrogen) atoms. The van der Waals surface area contributed by atoms with Crippen LogP contribution in [0.25, 0.3) is 0 Å². The molecule has 0 bridgehead atoms. The van der Waals surface area contributed by atoms with Crippen molar-refractivity contribution in [1.82, 2.24) is 9.29 Å². The topological polar surface area (TPSA) is 106 Å². The van der Waals surface area contributed by atoms with E-state index in [1.807, 2.05) is 0 Å². The van der Waals surface area contributed by atoms with Crippen molar-refractivity contribution in [2.75, 3.05) is 26.8 Å². The van der Waals surface area contributed by atoms with E-state index in [9.17, 15) is 18.0 Å². The third-order valence-electron chi connectivity index (χ3n) is 3.13. The van der Waals surface area contributed by atoms with E-state index in [-0.39, 0.29) is 31.0 Å². The highest BCUT2D eigenvalue weighted by Crippen LogP contribution is 2.17. The van der Waals surface area contributed by atoms with Gasteiger partial charge in [-0.1, -0.05) is 0 Å². The first-order valence-electron chi connectivity index (χ1n) is 6.31. The van der Waals surface area contributed by atoms with Crippen molar-refractivity contribution in [2.24, 2.45) is 0 Å². The van der Waals surface area contributed by atoms with Gasteiger partial charge in [-0.15, -0.1) is 0 Å². The van der Waals surface area contributed by atoms with Crippen LogP contribution in [0.4, 0.5) is 0 Å². The zero-order valence-corrected chi connectivity index (χ0v) is 12.3. The summed E-state index contributed by atoms with van der Waals surface area (Å²) in [6.07, 6.45) is 1.90. The van der Waals surface area contributed by atoms with Crippen LogP contribution in [0.1, 0.15) is 6.42 Å². The predicted octanol–water partition coefficient (Wildman–Crippen LogP) is -0.672. The number of aromatic nitrogens is 1. The van der Waals surface area contributed by atoms with Gasteiger partial charge in [0.2, 0.25) is 15.5 Å². The summed E-state index contributed by atoms with van der Waals surface area (Å²) in [6.45, 7) is 0.297. The van der Waals surface area contributed by atoms with Crippen LogP contribution < -0.4 is 5.43 Å². The lowest BCUT2D eigenvalue weighted by atomic mass is 10.2. The molecule has 2 rings (SSSR count). The molecule has 8 nitrogen and oxygen atoms in total. The van der Waals surface area contributed by atoms with E-state index in [0.717, 1.165) is 16.6 Å². The summed E-state index contributed by atoms with van der Waals surface area (Å²) in [5, 5.41) is 0. The molecule has 1 unspecified atom stereocenters. The zero-order valence-electron chi connectivity index (χ0n) is 11.4. The summed E-state index contributed by atoms with van der Waals surface area (Å²) in [5.74, 6) is -0.475. The van der Waals surface area contributed by atoms with Crippen LogP contribution in [-0.4, -0.2) is 56.6 Å². The van der Waals surface area contributed by atoms with Gasteiger partial charge >= 0.3 is 5.97 Å². The van der Waals surface area contributed by atoms with Gasteiger partial charge in [0, 0.05) is 31.5 Å². The second kappa shape index (κ2) is 6.37. The molecule has 0 amide bonds. The highest BCUT2D eigenvalue weighted by atomic mass is 32.2.